The van der Waals surface area contributed by atoms with Crippen LogP contribution in [0.4, 0.5) is 5.69 Å². The largest absolute Gasteiger partial charge is 0.348 e. The van der Waals surface area contributed by atoms with Crippen LogP contribution in [0.25, 0.3) is 10.2 Å². The van der Waals surface area contributed by atoms with E-state index in [1.165, 1.54) is 12.1 Å². The van der Waals surface area contributed by atoms with Crippen molar-refractivity contribution < 1.29 is 13.2 Å². The first kappa shape index (κ1) is 22.8. The van der Waals surface area contributed by atoms with Gasteiger partial charge in [-0.05, 0) is 49.7 Å². The van der Waals surface area contributed by atoms with Gasteiger partial charge >= 0.3 is 4.87 Å². The van der Waals surface area contributed by atoms with Crippen LogP contribution in [-0.4, -0.2) is 18.9 Å². The van der Waals surface area contributed by atoms with E-state index in [4.69, 9.17) is 0 Å². The van der Waals surface area contributed by atoms with Crippen molar-refractivity contribution in [1.29, 1.82) is 0 Å². The average molecular weight is 482 g/mol. The molecular weight excluding hydrogens is 458 g/mol. The van der Waals surface area contributed by atoms with Gasteiger partial charge in [0.1, 0.15) is 0 Å². The molecule has 0 atom stereocenters. The summed E-state index contributed by atoms with van der Waals surface area (Å²) in [5.74, 6) is -0.389. The quantitative estimate of drug-likeness (QED) is 0.409. The summed E-state index contributed by atoms with van der Waals surface area (Å²) in [7, 11) is -3.99. The Morgan fingerprint density at radius 1 is 1.00 bits per heavy atom. The van der Waals surface area contributed by atoms with Crippen LogP contribution in [0.3, 0.4) is 0 Å². The van der Waals surface area contributed by atoms with Crippen LogP contribution in [0.5, 0.6) is 0 Å². The van der Waals surface area contributed by atoms with Crippen molar-refractivity contribution in [3.63, 3.8) is 0 Å². The number of aromatic nitrogens is 1. The first-order chi connectivity index (χ1) is 15.8. The van der Waals surface area contributed by atoms with Crippen molar-refractivity contribution in [1.82, 2.24) is 9.88 Å². The number of carbonyl (C=O) groups is 1. The van der Waals surface area contributed by atoms with Crippen LogP contribution >= 0.6 is 11.3 Å². The van der Waals surface area contributed by atoms with Crippen LogP contribution in [0.2, 0.25) is 0 Å². The highest BCUT2D eigenvalue weighted by atomic mass is 32.2. The second kappa shape index (κ2) is 9.21. The number of hydrogen-bond donors (Lipinski definition) is 2. The molecule has 170 valence electrons. The van der Waals surface area contributed by atoms with E-state index >= 15 is 0 Å². The van der Waals surface area contributed by atoms with E-state index in [9.17, 15) is 18.0 Å². The molecule has 4 aromatic rings. The lowest BCUT2D eigenvalue weighted by atomic mass is 10.1. The fourth-order valence-corrected chi connectivity index (χ4v) is 5.75. The minimum absolute atomic E-state index is 0.0200. The second-order valence-electron chi connectivity index (χ2n) is 7.78. The number of thiazole rings is 1. The Labute approximate surface area is 195 Å². The normalized spacial score (nSPS) is 11.6. The van der Waals surface area contributed by atoms with Gasteiger partial charge in [0.2, 0.25) is 0 Å². The molecule has 1 amide bonds. The molecule has 0 fully saturated rings. The summed E-state index contributed by atoms with van der Waals surface area (Å²) in [5.41, 5.74) is 2.02. The predicted molar refractivity (Wildman–Crippen MR) is 131 cm³/mol. The molecule has 0 unspecified atom stereocenters. The molecule has 1 aromatic heterocycles. The highest BCUT2D eigenvalue weighted by Crippen LogP contribution is 2.26. The summed E-state index contributed by atoms with van der Waals surface area (Å²) in [6.45, 7) is 4.13. The van der Waals surface area contributed by atoms with Crippen LogP contribution in [0.15, 0.2) is 82.5 Å². The third kappa shape index (κ3) is 4.84. The van der Waals surface area contributed by atoms with Crippen LogP contribution < -0.4 is 14.9 Å². The second-order valence-corrected chi connectivity index (χ2v) is 10.5. The third-order valence-corrected chi connectivity index (χ3v) is 7.40. The Bertz CT molecular complexity index is 1470. The average Bonchev–Trinajstić information content (AvgIpc) is 3.13. The summed E-state index contributed by atoms with van der Waals surface area (Å²) in [4.78, 5) is 24.9. The van der Waals surface area contributed by atoms with E-state index in [1.54, 1.807) is 34.9 Å². The Morgan fingerprint density at radius 3 is 2.42 bits per heavy atom. The number of fused-ring (bicyclic) bond motifs is 1. The predicted octanol–water partition coefficient (Wildman–Crippen LogP) is 4.37. The van der Waals surface area contributed by atoms with E-state index in [1.807, 2.05) is 44.2 Å². The number of para-hydroxylation sites is 1. The van der Waals surface area contributed by atoms with Gasteiger partial charge < -0.3 is 5.32 Å². The van der Waals surface area contributed by atoms with Crippen molar-refractivity contribution in [2.24, 2.45) is 0 Å². The fourth-order valence-electron chi connectivity index (χ4n) is 3.52. The highest BCUT2D eigenvalue weighted by molar-refractivity contribution is 7.92. The van der Waals surface area contributed by atoms with E-state index < -0.39 is 10.0 Å². The molecule has 0 saturated carbocycles. The van der Waals surface area contributed by atoms with Gasteiger partial charge in [0.25, 0.3) is 15.9 Å². The third-order valence-electron chi connectivity index (χ3n) is 5.12. The van der Waals surface area contributed by atoms with Crippen molar-refractivity contribution in [3.8, 4) is 0 Å². The lowest BCUT2D eigenvalue weighted by molar-refractivity contribution is 0.0952. The zero-order valence-corrected chi connectivity index (χ0v) is 19.7. The van der Waals surface area contributed by atoms with Gasteiger partial charge in [-0.1, -0.05) is 53.8 Å². The molecule has 0 aliphatic carbocycles. The molecule has 4 rings (SSSR count). The number of nitrogens with zero attached hydrogens (tertiary/aromatic N) is 1. The number of rotatable bonds is 7. The number of benzene rings is 3. The Balaban J connectivity index is 1.60. The van der Waals surface area contributed by atoms with Gasteiger partial charge in [-0.3, -0.25) is 18.9 Å². The molecule has 33 heavy (non-hydrogen) atoms. The summed E-state index contributed by atoms with van der Waals surface area (Å²) in [5, 5.41) is 2.82. The Kier molecular flexibility index (Phi) is 6.35. The molecule has 7 nitrogen and oxygen atoms in total. The summed E-state index contributed by atoms with van der Waals surface area (Å²) < 4.78 is 30.9. The maximum atomic E-state index is 13.1. The minimum Gasteiger partial charge on any atom is -0.348 e. The van der Waals surface area contributed by atoms with Crippen molar-refractivity contribution >= 4 is 43.2 Å². The van der Waals surface area contributed by atoms with E-state index in [0.29, 0.717) is 16.8 Å². The Morgan fingerprint density at radius 2 is 1.70 bits per heavy atom. The van der Waals surface area contributed by atoms with Crippen molar-refractivity contribution in [3.05, 3.63) is 93.6 Å². The van der Waals surface area contributed by atoms with Gasteiger partial charge in [0, 0.05) is 12.6 Å². The maximum absolute atomic E-state index is 13.1. The smallest absolute Gasteiger partial charge is 0.308 e. The zero-order valence-electron chi connectivity index (χ0n) is 18.1. The number of sulfonamides is 1. The first-order valence-corrected chi connectivity index (χ1v) is 12.7. The molecular formula is C24H23N3O4S2. The summed E-state index contributed by atoms with van der Waals surface area (Å²) in [6, 6.07) is 20.4. The molecule has 0 saturated heterocycles. The van der Waals surface area contributed by atoms with E-state index in [-0.39, 0.29) is 33.0 Å². The van der Waals surface area contributed by atoms with Gasteiger partial charge in [0.05, 0.1) is 26.4 Å². The number of amides is 1. The molecule has 1 heterocycles. The fraction of sp³-hybridized carbons (Fsp3) is 0.167. The monoisotopic (exact) mass is 481 g/mol. The number of nitrogens with one attached hydrogen (secondary N) is 2. The van der Waals surface area contributed by atoms with Crippen LogP contribution in [0.1, 0.15) is 35.8 Å². The molecule has 0 aliphatic heterocycles. The zero-order chi connectivity index (χ0) is 23.6. The highest BCUT2D eigenvalue weighted by Gasteiger charge is 2.20. The molecule has 0 aliphatic rings. The van der Waals surface area contributed by atoms with Crippen molar-refractivity contribution in [2.75, 3.05) is 4.72 Å². The van der Waals surface area contributed by atoms with E-state index in [0.717, 1.165) is 16.9 Å². The van der Waals surface area contributed by atoms with Crippen LogP contribution in [0, 0.1) is 0 Å². The molecule has 0 spiro atoms. The molecule has 0 radical (unpaired) electrons. The molecule has 9 heteroatoms. The van der Waals surface area contributed by atoms with Gasteiger partial charge in [-0.15, -0.1) is 0 Å². The van der Waals surface area contributed by atoms with Crippen molar-refractivity contribution in [2.45, 2.75) is 31.3 Å². The molecule has 0 bridgehead atoms. The summed E-state index contributed by atoms with van der Waals surface area (Å²) >= 11 is 1.01. The SMILES string of the molecule is CC(C)n1c(=O)sc2cc(S(=O)(=O)Nc3ccccc3C(=O)NCc3ccccc3)ccc21. The van der Waals surface area contributed by atoms with Gasteiger partial charge in [-0.2, -0.15) is 0 Å². The van der Waals surface area contributed by atoms with Gasteiger partial charge in [0.15, 0.2) is 0 Å². The first-order valence-electron chi connectivity index (χ1n) is 10.4. The number of carbonyl (C=O) groups excluding carboxylic acids is 1. The maximum Gasteiger partial charge on any atom is 0.308 e. The van der Waals surface area contributed by atoms with E-state index in [2.05, 4.69) is 10.0 Å². The van der Waals surface area contributed by atoms with Crippen LogP contribution in [-0.2, 0) is 16.6 Å². The standard InChI is InChI=1S/C24H23N3O4S2/c1-16(2)27-21-13-12-18(14-22(21)32-24(27)29)33(30,31)26-20-11-7-6-10-19(20)23(28)25-15-17-8-4-3-5-9-17/h3-14,16,26H,15H2,1-2H3,(H,25,28). The minimum atomic E-state index is -3.99. The lowest BCUT2D eigenvalue weighted by Gasteiger charge is -2.13. The molecule has 2 N–H and O–H groups in total. The lowest BCUT2D eigenvalue weighted by Crippen LogP contribution is -2.25. The number of hydrogen-bond acceptors (Lipinski definition) is 5. The topological polar surface area (TPSA) is 97.3 Å². The van der Waals surface area contributed by atoms with Gasteiger partial charge in [-0.25, -0.2) is 8.42 Å². The molecule has 3 aromatic carbocycles. The Hall–Kier alpha value is -3.43. The summed E-state index contributed by atoms with van der Waals surface area (Å²) in [6.07, 6.45) is 0. The number of anilines is 1.